The van der Waals surface area contributed by atoms with E-state index in [4.69, 9.17) is 5.11 Å². The number of nitrogens with zero attached hydrogens (tertiary/aromatic N) is 1. The third kappa shape index (κ3) is 3.95. The number of hydrogen-bond acceptors (Lipinski definition) is 5. The van der Waals surface area contributed by atoms with Gasteiger partial charge in [0.1, 0.15) is 6.54 Å². The van der Waals surface area contributed by atoms with Gasteiger partial charge in [0.25, 0.3) is 0 Å². The third-order valence-electron chi connectivity index (χ3n) is 2.91. The zero-order chi connectivity index (χ0) is 13.8. The molecule has 0 heterocycles. The fraction of sp³-hybridized carbons (Fsp3) is 0.800. The first-order chi connectivity index (χ1) is 8.36. The number of rotatable bonds is 6. The topological polar surface area (TPSA) is 101 Å². The molecule has 1 aliphatic carbocycles. The highest BCUT2D eigenvalue weighted by Crippen LogP contribution is 2.25. The van der Waals surface area contributed by atoms with Gasteiger partial charge in [-0.15, -0.1) is 0 Å². The molecule has 8 heteroatoms. The zero-order valence-electron chi connectivity index (χ0n) is 10.2. The van der Waals surface area contributed by atoms with Crippen LogP contribution in [0.4, 0.5) is 0 Å². The van der Waals surface area contributed by atoms with E-state index in [0.29, 0.717) is 12.8 Å². The zero-order valence-corrected chi connectivity index (χ0v) is 11.0. The molecule has 0 radical (unpaired) electrons. The normalized spacial score (nSPS) is 17.0. The SMILES string of the molecule is COC(=O)CS(=O)(=O)N(CC(=O)O)C1CCCC1. The Kier molecular flexibility index (Phi) is 5.09. The van der Waals surface area contributed by atoms with E-state index in [-0.39, 0.29) is 6.04 Å². The van der Waals surface area contributed by atoms with Gasteiger partial charge in [0.15, 0.2) is 5.75 Å². The van der Waals surface area contributed by atoms with E-state index in [2.05, 4.69) is 4.74 Å². The molecule has 1 saturated carbocycles. The van der Waals surface area contributed by atoms with E-state index in [0.717, 1.165) is 24.3 Å². The molecule has 1 fully saturated rings. The van der Waals surface area contributed by atoms with Gasteiger partial charge >= 0.3 is 11.9 Å². The lowest BCUT2D eigenvalue weighted by Crippen LogP contribution is -2.44. The van der Waals surface area contributed by atoms with Crippen LogP contribution in [0.15, 0.2) is 0 Å². The van der Waals surface area contributed by atoms with E-state index in [9.17, 15) is 18.0 Å². The van der Waals surface area contributed by atoms with Gasteiger partial charge in [0.2, 0.25) is 10.0 Å². The van der Waals surface area contributed by atoms with Crippen LogP contribution in [0.2, 0.25) is 0 Å². The van der Waals surface area contributed by atoms with Crippen molar-refractivity contribution in [1.82, 2.24) is 4.31 Å². The highest BCUT2D eigenvalue weighted by molar-refractivity contribution is 7.89. The van der Waals surface area contributed by atoms with Crippen molar-refractivity contribution in [3.05, 3.63) is 0 Å². The standard InChI is InChI=1S/C10H17NO6S/c1-17-10(14)7-18(15,16)11(6-9(12)13)8-4-2-3-5-8/h8H,2-7H2,1H3,(H,12,13). The molecule has 0 saturated heterocycles. The van der Waals surface area contributed by atoms with Crippen LogP contribution in [0.3, 0.4) is 0 Å². The first-order valence-corrected chi connectivity index (χ1v) is 7.26. The molecule has 18 heavy (non-hydrogen) atoms. The first kappa shape index (κ1) is 14.9. The van der Waals surface area contributed by atoms with E-state index in [1.807, 2.05) is 0 Å². The van der Waals surface area contributed by atoms with Crippen molar-refractivity contribution in [2.45, 2.75) is 31.7 Å². The van der Waals surface area contributed by atoms with Gasteiger partial charge in [-0.1, -0.05) is 12.8 Å². The number of esters is 1. The van der Waals surface area contributed by atoms with Crippen molar-refractivity contribution in [1.29, 1.82) is 0 Å². The first-order valence-electron chi connectivity index (χ1n) is 5.65. The van der Waals surface area contributed by atoms with Crippen LogP contribution in [-0.2, 0) is 24.3 Å². The average molecular weight is 279 g/mol. The predicted octanol–water partition coefficient (Wildman–Crippen LogP) is -0.182. The lowest BCUT2D eigenvalue weighted by Gasteiger charge is -2.25. The van der Waals surface area contributed by atoms with Crippen LogP contribution in [0.25, 0.3) is 0 Å². The highest BCUT2D eigenvalue weighted by atomic mass is 32.2. The number of aliphatic carboxylic acids is 1. The summed E-state index contributed by atoms with van der Waals surface area (Å²) in [5.41, 5.74) is 0. The fourth-order valence-electron chi connectivity index (χ4n) is 2.07. The van der Waals surface area contributed by atoms with Crippen LogP contribution in [0.5, 0.6) is 0 Å². The number of methoxy groups -OCH3 is 1. The largest absolute Gasteiger partial charge is 0.480 e. The molecule has 1 N–H and O–H groups in total. The Balaban J connectivity index is 2.86. The number of carboxylic acids is 1. The molecule has 0 unspecified atom stereocenters. The highest BCUT2D eigenvalue weighted by Gasteiger charge is 2.35. The summed E-state index contributed by atoms with van der Waals surface area (Å²) in [7, 11) is -2.84. The summed E-state index contributed by atoms with van der Waals surface area (Å²) < 4.78 is 29.2. The molecule has 0 aromatic rings. The molecule has 0 aliphatic heterocycles. The Morgan fingerprint density at radius 1 is 1.33 bits per heavy atom. The molecular weight excluding hydrogens is 262 g/mol. The van der Waals surface area contributed by atoms with E-state index < -0.39 is 34.3 Å². The average Bonchev–Trinajstić information content (AvgIpc) is 2.77. The Morgan fingerprint density at radius 2 is 1.89 bits per heavy atom. The van der Waals surface area contributed by atoms with E-state index in [1.54, 1.807) is 0 Å². The fourth-order valence-corrected chi connectivity index (χ4v) is 3.62. The van der Waals surface area contributed by atoms with Crippen LogP contribution < -0.4 is 0 Å². The maximum absolute atomic E-state index is 12.0. The Hall–Kier alpha value is -1.15. The number of ether oxygens (including phenoxy) is 1. The van der Waals surface area contributed by atoms with Gasteiger partial charge in [-0.25, -0.2) is 8.42 Å². The number of carbonyl (C=O) groups excluding carboxylic acids is 1. The van der Waals surface area contributed by atoms with Crippen molar-refractivity contribution in [3.8, 4) is 0 Å². The number of hydrogen-bond donors (Lipinski definition) is 1. The molecule has 1 aliphatic rings. The van der Waals surface area contributed by atoms with Gasteiger partial charge in [0.05, 0.1) is 7.11 Å². The summed E-state index contributed by atoms with van der Waals surface area (Å²) >= 11 is 0. The maximum Gasteiger partial charge on any atom is 0.322 e. The van der Waals surface area contributed by atoms with Crippen LogP contribution >= 0.6 is 0 Å². The molecule has 0 spiro atoms. The summed E-state index contributed by atoms with van der Waals surface area (Å²) in [4.78, 5) is 21.8. The number of sulfonamides is 1. The minimum absolute atomic E-state index is 0.323. The Morgan fingerprint density at radius 3 is 2.33 bits per heavy atom. The van der Waals surface area contributed by atoms with Crippen molar-refractivity contribution < 1.29 is 27.9 Å². The van der Waals surface area contributed by atoms with Gasteiger partial charge in [-0.3, -0.25) is 9.59 Å². The van der Waals surface area contributed by atoms with Crippen LogP contribution in [0, 0.1) is 0 Å². The molecule has 0 amide bonds. The van der Waals surface area contributed by atoms with Gasteiger partial charge in [0, 0.05) is 6.04 Å². The molecule has 104 valence electrons. The van der Waals surface area contributed by atoms with Crippen LogP contribution in [0.1, 0.15) is 25.7 Å². The van der Waals surface area contributed by atoms with Gasteiger partial charge in [-0.05, 0) is 12.8 Å². The van der Waals surface area contributed by atoms with Crippen molar-refractivity contribution >= 4 is 22.0 Å². The Labute approximate surface area is 106 Å². The second-order valence-electron chi connectivity index (χ2n) is 4.21. The summed E-state index contributed by atoms with van der Waals surface area (Å²) in [5, 5.41) is 8.78. The Bertz CT molecular complexity index is 412. The molecule has 0 aromatic carbocycles. The van der Waals surface area contributed by atoms with Gasteiger partial charge in [-0.2, -0.15) is 4.31 Å². The summed E-state index contributed by atoms with van der Waals surface area (Å²) in [6, 6.07) is -0.323. The summed E-state index contributed by atoms with van der Waals surface area (Å²) in [5.74, 6) is -2.92. The smallest absolute Gasteiger partial charge is 0.322 e. The minimum atomic E-state index is -3.93. The minimum Gasteiger partial charge on any atom is -0.480 e. The lowest BCUT2D eigenvalue weighted by atomic mass is 10.2. The molecule has 7 nitrogen and oxygen atoms in total. The monoisotopic (exact) mass is 279 g/mol. The number of carboxylic acid groups (broad SMARTS) is 1. The van der Waals surface area contributed by atoms with Crippen molar-refractivity contribution in [2.24, 2.45) is 0 Å². The molecule has 0 bridgehead atoms. The quantitative estimate of drug-likeness (QED) is 0.677. The molecule has 0 aromatic heterocycles. The van der Waals surface area contributed by atoms with Gasteiger partial charge < -0.3 is 9.84 Å². The van der Waals surface area contributed by atoms with E-state index >= 15 is 0 Å². The summed E-state index contributed by atoms with van der Waals surface area (Å²) in [6.45, 7) is -0.607. The third-order valence-corrected chi connectivity index (χ3v) is 4.65. The van der Waals surface area contributed by atoms with Crippen LogP contribution in [-0.4, -0.2) is 55.2 Å². The molecular formula is C10H17NO6S. The van der Waals surface area contributed by atoms with Crippen molar-refractivity contribution in [2.75, 3.05) is 19.4 Å². The second kappa shape index (κ2) is 6.14. The molecule has 0 atom stereocenters. The predicted molar refractivity (Wildman–Crippen MR) is 62.4 cm³/mol. The summed E-state index contributed by atoms with van der Waals surface area (Å²) in [6.07, 6.45) is 3.00. The number of carbonyl (C=O) groups is 2. The second-order valence-corrected chi connectivity index (χ2v) is 6.13. The van der Waals surface area contributed by atoms with E-state index in [1.165, 1.54) is 0 Å². The lowest BCUT2D eigenvalue weighted by molar-refractivity contribution is -0.139. The maximum atomic E-state index is 12.0. The molecule has 1 rings (SSSR count). The van der Waals surface area contributed by atoms with Crippen molar-refractivity contribution in [3.63, 3.8) is 0 Å².